The molecule has 0 radical (unpaired) electrons. The summed E-state index contributed by atoms with van der Waals surface area (Å²) < 4.78 is 0. The highest BCUT2D eigenvalue weighted by atomic mass is 16.2. The minimum absolute atomic E-state index is 0.0405. The number of hydrogen-bond donors (Lipinski definition) is 2. The Morgan fingerprint density at radius 2 is 2.41 bits per heavy atom. The number of rotatable bonds is 5. The SMILES string of the molecule is C[C@@](C#N)(NC(=O)CN1CCC[C@H](c2ccn[nH]2)C1)C1CC1. The molecule has 22 heavy (non-hydrogen) atoms. The second kappa shape index (κ2) is 6.09. The molecule has 2 fully saturated rings. The minimum Gasteiger partial charge on any atom is -0.337 e. The van der Waals surface area contributed by atoms with Crippen molar-refractivity contribution < 1.29 is 4.79 Å². The molecule has 0 aromatic carbocycles. The van der Waals surface area contributed by atoms with Crippen LogP contribution in [0.2, 0.25) is 0 Å². The van der Waals surface area contributed by atoms with Gasteiger partial charge in [0.2, 0.25) is 5.91 Å². The van der Waals surface area contributed by atoms with E-state index >= 15 is 0 Å². The largest absolute Gasteiger partial charge is 0.337 e. The van der Waals surface area contributed by atoms with E-state index in [0.717, 1.165) is 44.5 Å². The van der Waals surface area contributed by atoms with E-state index in [9.17, 15) is 10.1 Å². The lowest BCUT2D eigenvalue weighted by Crippen LogP contribution is -2.51. The molecule has 1 aliphatic carbocycles. The maximum atomic E-state index is 12.3. The molecular weight excluding hydrogens is 278 g/mol. The van der Waals surface area contributed by atoms with Crippen LogP contribution in [0.4, 0.5) is 0 Å². The highest BCUT2D eigenvalue weighted by molar-refractivity contribution is 5.79. The Morgan fingerprint density at radius 1 is 1.59 bits per heavy atom. The fraction of sp³-hybridized carbons (Fsp3) is 0.688. The maximum Gasteiger partial charge on any atom is 0.235 e. The predicted octanol–water partition coefficient (Wildman–Crippen LogP) is 1.40. The number of carbonyl (C=O) groups is 1. The van der Waals surface area contributed by atoms with Crippen LogP contribution in [0.1, 0.15) is 44.2 Å². The summed E-state index contributed by atoms with van der Waals surface area (Å²) in [6.07, 6.45) is 6.05. The number of H-pyrrole nitrogens is 1. The van der Waals surface area contributed by atoms with Crippen molar-refractivity contribution in [3.05, 3.63) is 18.0 Å². The molecule has 2 N–H and O–H groups in total. The van der Waals surface area contributed by atoms with Crippen LogP contribution < -0.4 is 5.32 Å². The number of likely N-dealkylation sites (tertiary alicyclic amines) is 1. The molecule has 6 heteroatoms. The van der Waals surface area contributed by atoms with Gasteiger partial charge in [0.1, 0.15) is 5.54 Å². The fourth-order valence-corrected chi connectivity index (χ4v) is 3.36. The highest BCUT2D eigenvalue weighted by Gasteiger charge is 2.43. The van der Waals surface area contributed by atoms with Crippen LogP contribution in [0.15, 0.2) is 12.3 Å². The van der Waals surface area contributed by atoms with E-state index in [1.165, 1.54) is 0 Å². The van der Waals surface area contributed by atoms with E-state index in [0.29, 0.717) is 18.4 Å². The second-order valence-corrected chi connectivity index (χ2v) is 6.72. The van der Waals surface area contributed by atoms with Crippen molar-refractivity contribution in [1.82, 2.24) is 20.4 Å². The number of nitrogens with one attached hydrogen (secondary N) is 2. The Balaban J connectivity index is 1.54. The molecule has 1 aliphatic heterocycles. The number of aromatic amines is 1. The number of carbonyl (C=O) groups excluding carboxylic acids is 1. The van der Waals surface area contributed by atoms with Crippen molar-refractivity contribution in [3.63, 3.8) is 0 Å². The van der Waals surface area contributed by atoms with Gasteiger partial charge in [-0.25, -0.2) is 0 Å². The molecule has 2 atom stereocenters. The molecule has 2 aliphatic rings. The van der Waals surface area contributed by atoms with Crippen LogP contribution in [0, 0.1) is 17.2 Å². The molecule has 118 valence electrons. The topological polar surface area (TPSA) is 84.8 Å². The zero-order chi connectivity index (χ0) is 15.6. The molecule has 0 spiro atoms. The summed E-state index contributed by atoms with van der Waals surface area (Å²) in [6.45, 7) is 4.01. The summed E-state index contributed by atoms with van der Waals surface area (Å²) >= 11 is 0. The molecule has 0 bridgehead atoms. The van der Waals surface area contributed by atoms with Crippen LogP contribution in [0.25, 0.3) is 0 Å². The Bertz CT molecular complexity index is 560. The standard InChI is InChI=1S/C16H23N5O/c1-16(11-17,13-4-5-13)19-15(22)10-21-8-2-3-12(9-21)14-6-7-18-20-14/h6-7,12-13H,2-5,8-10H2,1H3,(H,18,20)(H,19,22)/t12-,16-/m0/s1. The summed E-state index contributed by atoms with van der Waals surface area (Å²) in [5.41, 5.74) is 0.445. The number of piperidine rings is 1. The van der Waals surface area contributed by atoms with E-state index in [4.69, 9.17) is 0 Å². The lowest BCUT2D eigenvalue weighted by molar-refractivity contribution is -0.124. The number of aromatic nitrogens is 2. The van der Waals surface area contributed by atoms with Crippen LogP contribution in [-0.4, -0.2) is 46.2 Å². The number of hydrogen-bond acceptors (Lipinski definition) is 4. The van der Waals surface area contributed by atoms with Gasteiger partial charge in [0.05, 0.1) is 12.6 Å². The molecule has 1 aromatic rings. The van der Waals surface area contributed by atoms with E-state index in [1.807, 2.05) is 13.0 Å². The normalized spacial score (nSPS) is 25.2. The van der Waals surface area contributed by atoms with Crippen molar-refractivity contribution in [3.8, 4) is 6.07 Å². The van der Waals surface area contributed by atoms with Crippen molar-refractivity contribution >= 4 is 5.91 Å². The summed E-state index contributed by atoms with van der Waals surface area (Å²) in [7, 11) is 0. The third kappa shape index (κ3) is 3.30. The molecule has 1 amide bonds. The Labute approximate surface area is 130 Å². The van der Waals surface area contributed by atoms with Gasteiger partial charge in [-0.15, -0.1) is 0 Å². The van der Waals surface area contributed by atoms with Crippen molar-refractivity contribution in [2.75, 3.05) is 19.6 Å². The first kappa shape index (κ1) is 15.0. The van der Waals surface area contributed by atoms with Crippen molar-refractivity contribution in [2.45, 2.75) is 44.1 Å². The average molecular weight is 301 g/mol. The maximum absolute atomic E-state index is 12.3. The van der Waals surface area contributed by atoms with Gasteiger partial charge >= 0.3 is 0 Å². The number of amides is 1. The first-order valence-corrected chi connectivity index (χ1v) is 8.04. The zero-order valence-corrected chi connectivity index (χ0v) is 13.0. The smallest absolute Gasteiger partial charge is 0.235 e. The molecule has 1 aromatic heterocycles. The summed E-state index contributed by atoms with van der Waals surface area (Å²) in [5, 5.41) is 19.3. The molecule has 1 saturated heterocycles. The Morgan fingerprint density at radius 3 is 3.05 bits per heavy atom. The van der Waals surface area contributed by atoms with Crippen LogP contribution in [0.5, 0.6) is 0 Å². The van der Waals surface area contributed by atoms with E-state index in [2.05, 4.69) is 26.5 Å². The number of nitrogens with zero attached hydrogens (tertiary/aromatic N) is 3. The molecule has 0 unspecified atom stereocenters. The molecule has 3 rings (SSSR count). The Kier molecular flexibility index (Phi) is 4.16. The van der Waals surface area contributed by atoms with Gasteiger partial charge in [-0.3, -0.25) is 14.8 Å². The monoisotopic (exact) mass is 301 g/mol. The van der Waals surface area contributed by atoms with Gasteiger partial charge < -0.3 is 5.32 Å². The van der Waals surface area contributed by atoms with Crippen LogP contribution in [-0.2, 0) is 4.79 Å². The summed E-state index contributed by atoms with van der Waals surface area (Å²) in [6, 6.07) is 4.28. The quantitative estimate of drug-likeness (QED) is 0.861. The first-order chi connectivity index (χ1) is 10.6. The van der Waals surface area contributed by atoms with Gasteiger partial charge in [-0.05, 0) is 51.1 Å². The highest BCUT2D eigenvalue weighted by Crippen LogP contribution is 2.39. The third-order valence-corrected chi connectivity index (χ3v) is 4.86. The lowest BCUT2D eigenvalue weighted by atomic mass is 9.94. The predicted molar refractivity (Wildman–Crippen MR) is 81.9 cm³/mol. The van der Waals surface area contributed by atoms with E-state index in [1.54, 1.807) is 6.20 Å². The van der Waals surface area contributed by atoms with Crippen LogP contribution in [0.3, 0.4) is 0 Å². The van der Waals surface area contributed by atoms with Gasteiger partial charge in [-0.2, -0.15) is 10.4 Å². The number of nitriles is 1. The molecular formula is C16H23N5O. The van der Waals surface area contributed by atoms with E-state index in [-0.39, 0.29) is 5.91 Å². The fourth-order valence-electron chi connectivity index (χ4n) is 3.36. The van der Waals surface area contributed by atoms with Gasteiger partial charge in [0.25, 0.3) is 0 Å². The third-order valence-electron chi connectivity index (χ3n) is 4.86. The molecule has 6 nitrogen and oxygen atoms in total. The first-order valence-electron chi connectivity index (χ1n) is 8.04. The average Bonchev–Trinajstić information content (AvgIpc) is 3.23. The second-order valence-electron chi connectivity index (χ2n) is 6.72. The summed E-state index contributed by atoms with van der Waals surface area (Å²) in [4.78, 5) is 14.5. The van der Waals surface area contributed by atoms with Crippen molar-refractivity contribution in [1.29, 1.82) is 5.26 Å². The van der Waals surface area contributed by atoms with Gasteiger partial charge in [0, 0.05) is 24.4 Å². The van der Waals surface area contributed by atoms with Gasteiger partial charge in [0.15, 0.2) is 0 Å². The lowest BCUT2D eigenvalue weighted by Gasteiger charge is -2.32. The molecule has 2 heterocycles. The molecule has 1 saturated carbocycles. The van der Waals surface area contributed by atoms with Crippen molar-refractivity contribution in [2.24, 2.45) is 5.92 Å². The van der Waals surface area contributed by atoms with Crippen LogP contribution >= 0.6 is 0 Å². The Hall–Kier alpha value is -1.87. The minimum atomic E-state index is -0.699. The summed E-state index contributed by atoms with van der Waals surface area (Å²) in [5.74, 6) is 0.691. The van der Waals surface area contributed by atoms with E-state index < -0.39 is 5.54 Å². The zero-order valence-electron chi connectivity index (χ0n) is 13.0. The van der Waals surface area contributed by atoms with Gasteiger partial charge in [-0.1, -0.05) is 0 Å².